The van der Waals surface area contributed by atoms with Crippen LogP contribution in [0.3, 0.4) is 0 Å². The first-order valence-corrected chi connectivity index (χ1v) is 7.59. The third-order valence-corrected chi connectivity index (χ3v) is 3.45. The van der Waals surface area contributed by atoms with Gasteiger partial charge in [0.15, 0.2) is 11.7 Å². The number of ketones is 1. The molecule has 0 spiro atoms. The Morgan fingerprint density at radius 3 is 2.67 bits per heavy atom. The standard InChI is InChI=1S/C18H16N4O2/c1-11(2)24-16-8-7-12(10-20-16)17(23)13(9-19)18-21-14-5-3-4-6-15(14)22-18/h3-8,10-11,13H,1-2H3,(H,21,22). The lowest BCUT2D eigenvalue weighted by molar-refractivity contribution is 0.0976. The van der Waals surface area contributed by atoms with E-state index in [4.69, 9.17) is 4.74 Å². The van der Waals surface area contributed by atoms with E-state index >= 15 is 0 Å². The summed E-state index contributed by atoms with van der Waals surface area (Å²) in [5.41, 5.74) is 1.86. The van der Waals surface area contributed by atoms with Gasteiger partial charge in [0.1, 0.15) is 5.82 Å². The summed E-state index contributed by atoms with van der Waals surface area (Å²) in [5.74, 6) is -0.568. The number of benzene rings is 1. The topological polar surface area (TPSA) is 91.7 Å². The highest BCUT2D eigenvalue weighted by molar-refractivity contribution is 6.02. The Morgan fingerprint density at radius 2 is 2.04 bits per heavy atom. The number of aromatic amines is 1. The van der Waals surface area contributed by atoms with Crippen molar-refractivity contribution in [3.8, 4) is 11.9 Å². The van der Waals surface area contributed by atoms with Gasteiger partial charge in [0.05, 0.1) is 23.2 Å². The lowest BCUT2D eigenvalue weighted by atomic mass is 9.99. The first-order chi connectivity index (χ1) is 11.6. The van der Waals surface area contributed by atoms with Crippen LogP contribution in [0.4, 0.5) is 0 Å². The molecule has 24 heavy (non-hydrogen) atoms. The quantitative estimate of drug-likeness (QED) is 0.729. The van der Waals surface area contributed by atoms with E-state index < -0.39 is 5.92 Å². The van der Waals surface area contributed by atoms with E-state index in [0.717, 1.165) is 11.0 Å². The molecule has 0 saturated heterocycles. The molecule has 0 fully saturated rings. The fraction of sp³-hybridized carbons (Fsp3) is 0.222. The maximum absolute atomic E-state index is 12.6. The van der Waals surface area contributed by atoms with E-state index in [9.17, 15) is 10.1 Å². The monoisotopic (exact) mass is 320 g/mol. The molecule has 0 bridgehead atoms. The zero-order valence-electron chi connectivity index (χ0n) is 13.4. The summed E-state index contributed by atoms with van der Waals surface area (Å²) < 4.78 is 5.45. The van der Waals surface area contributed by atoms with Crippen molar-refractivity contribution in [2.75, 3.05) is 0 Å². The second-order valence-electron chi connectivity index (χ2n) is 5.62. The Bertz CT molecular complexity index is 874. The van der Waals surface area contributed by atoms with Gasteiger partial charge in [-0.1, -0.05) is 12.1 Å². The molecule has 2 aromatic heterocycles. The van der Waals surface area contributed by atoms with Crippen LogP contribution < -0.4 is 4.74 Å². The number of imidazole rings is 1. The van der Waals surface area contributed by atoms with E-state index in [1.165, 1.54) is 6.20 Å². The molecule has 0 saturated carbocycles. The molecule has 2 heterocycles. The highest BCUT2D eigenvalue weighted by atomic mass is 16.5. The van der Waals surface area contributed by atoms with E-state index in [-0.39, 0.29) is 11.9 Å². The van der Waals surface area contributed by atoms with Gasteiger partial charge in [-0.15, -0.1) is 0 Å². The summed E-state index contributed by atoms with van der Waals surface area (Å²) in [6.07, 6.45) is 1.43. The first-order valence-electron chi connectivity index (χ1n) is 7.59. The summed E-state index contributed by atoms with van der Waals surface area (Å²) in [6, 6.07) is 12.7. The van der Waals surface area contributed by atoms with Crippen molar-refractivity contribution in [3.63, 3.8) is 0 Å². The lowest BCUT2D eigenvalue weighted by Gasteiger charge is -2.09. The maximum atomic E-state index is 12.6. The molecule has 1 aromatic carbocycles. The van der Waals surface area contributed by atoms with Gasteiger partial charge in [-0.3, -0.25) is 4.79 Å². The SMILES string of the molecule is CC(C)Oc1ccc(C(=O)C(C#N)c2nc3ccccc3[nH]2)cn1. The van der Waals surface area contributed by atoms with Crippen LogP contribution in [0.25, 0.3) is 11.0 Å². The second-order valence-corrected chi connectivity index (χ2v) is 5.62. The third-order valence-electron chi connectivity index (χ3n) is 3.45. The van der Waals surface area contributed by atoms with Gasteiger partial charge in [-0.25, -0.2) is 9.97 Å². The van der Waals surface area contributed by atoms with Gasteiger partial charge in [-0.2, -0.15) is 5.26 Å². The molecule has 0 aliphatic carbocycles. The average molecular weight is 320 g/mol. The van der Waals surface area contributed by atoms with Crippen molar-refractivity contribution in [1.29, 1.82) is 5.26 Å². The molecule has 6 heteroatoms. The van der Waals surface area contributed by atoms with Gasteiger partial charge in [-0.05, 0) is 32.0 Å². The number of fused-ring (bicyclic) bond motifs is 1. The minimum absolute atomic E-state index is 0.00135. The van der Waals surface area contributed by atoms with Crippen LogP contribution in [-0.2, 0) is 0 Å². The smallest absolute Gasteiger partial charge is 0.213 e. The number of H-pyrrole nitrogens is 1. The number of nitrogens with one attached hydrogen (secondary N) is 1. The number of nitriles is 1. The van der Waals surface area contributed by atoms with Crippen molar-refractivity contribution < 1.29 is 9.53 Å². The number of carbonyl (C=O) groups is 1. The zero-order valence-corrected chi connectivity index (χ0v) is 13.4. The number of nitrogens with zero attached hydrogens (tertiary/aromatic N) is 3. The summed E-state index contributed by atoms with van der Waals surface area (Å²) in [5, 5.41) is 9.43. The predicted molar refractivity (Wildman–Crippen MR) is 88.8 cm³/mol. The number of hydrogen-bond donors (Lipinski definition) is 1. The van der Waals surface area contributed by atoms with Crippen LogP contribution in [0.2, 0.25) is 0 Å². The summed E-state index contributed by atoms with van der Waals surface area (Å²) >= 11 is 0. The van der Waals surface area contributed by atoms with Crippen molar-refractivity contribution >= 4 is 16.8 Å². The Hall–Kier alpha value is -3.20. The van der Waals surface area contributed by atoms with Crippen molar-refractivity contribution in [1.82, 2.24) is 15.0 Å². The summed E-state index contributed by atoms with van der Waals surface area (Å²) in [7, 11) is 0. The summed E-state index contributed by atoms with van der Waals surface area (Å²) in [6.45, 7) is 3.79. The summed E-state index contributed by atoms with van der Waals surface area (Å²) in [4.78, 5) is 24.1. The first kappa shape index (κ1) is 15.7. The number of Topliss-reactive ketones (excluding diaryl/α,β-unsaturated/α-hetero) is 1. The molecule has 1 N–H and O–H groups in total. The van der Waals surface area contributed by atoms with Gasteiger partial charge >= 0.3 is 0 Å². The van der Waals surface area contributed by atoms with Crippen molar-refractivity contribution in [2.24, 2.45) is 0 Å². The molecule has 3 rings (SSSR count). The average Bonchev–Trinajstić information content (AvgIpc) is 2.99. The van der Waals surface area contributed by atoms with Crippen LogP contribution in [0, 0.1) is 11.3 Å². The number of aromatic nitrogens is 3. The highest BCUT2D eigenvalue weighted by Gasteiger charge is 2.25. The Kier molecular flexibility index (Phi) is 4.25. The predicted octanol–water partition coefficient (Wildman–Crippen LogP) is 3.24. The zero-order chi connectivity index (χ0) is 17.1. The fourth-order valence-corrected chi connectivity index (χ4v) is 2.36. The second kappa shape index (κ2) is 6.50. The van der Waals surface area contributed by atoms with Gasteiger partial charge in [0.2, 0.25) is 5.88 Å². The van der Waals surface area contributed by atoms with E-state index in [2.05, 4.69) is 15.0 Å². The lowest BCUT2D eigenvalue weighted by Crippen LogP contribution is -2.13. The molecule has 0 radical (unpaired) electrons. The fourth-order valence-electron chi connectivity index (χ4n) is 2.36. The molecule has 3 aromatic rings. The molecule has 6 nitrogen and oxygen atoms in total. The largest absolute Gasteiger partial charge is 0.475 e. The van der Waals surface area contributed by atoms with E-state index in [0.29, 0.717) is 17.3 Å². The molecule has 0 aliphatic heterocycles. The van der Waals surface area contributed by atoms with Crippen molar-refractivity contribution in [2.45, 2.75) is 25.9 Å². The van der Waals surface area contributed by atoms with E-state index in [1.807, 2.05) is 44.2 Å². The van der Waals surface area contributed by atoms with Gasteiger partial charge in [0, 0.05) is 17.8 Å². The Labute approximate surface area is 139 Å². The normalized spacial score (nSPS) is 12.1. The van der Waals surface area contributed by atoms with Crippen molar-refractivity contribution in [3.05, 3.63) is 54.0 Å². The molecule has 0 aliphatic rings. The van der Waals surface area contributed by atoms with Crippen LogP contribution in [0.15, 0.2) is 42.6 Å². The van der Waals surface area contributed by atoms with E-state index in [1.54, 1.807) is 12.1 Å². The molecule has 120 valence electrons. The molecular weight excluding hydrogens is 304 g/mol. The highest BCUT2D eigenvalue weighted by Crippen LogP contribution is 2.22. The third kappa shape index (κ3) is 3.10. The molecule has 1 atom stereocenters. The maximum Gasteiger partial charge on any atom is 0.213 e. The number of pyridine rings is 1. The van der Waals surface area contributed by atoms with Gasteiger partial charge in [0.25, 0.3) is 0 Å². The molecule has 1 unspecified atom stereocenters. The number of para-hydroxylation sites is 2. The van der Waals surface area contributed by atoms with Crippen LogP contribution in [-0.4, -0.2) is 26.8 Å². The van der Waals surface area contributed by atoms with Gasteiger partial charge < -0.3 is 9.72 Å². The van der Waals surface area contributed by atoms with Crippen LogP contribution in [0.5, 0.6) is 5.88 Å². The van der Waals surface area contributed by atoms with Crippen LogP contribution >= 0.6 is 0 Å². The Morgan fingerprint density at radius 1 is 1.25 bits per heavy atom. The number of carbonyl (C=O) groups excluding carboxylic acids is 1. The minimum Gasteiger partial charge on any atom is -0.475 e. The molecule has 0 amide bonds. The number of rotatable bonds is 5. The number of ether oxygens (including phenoxy) is 1. The number of hydrogen-bond acceptors (Lipinski definition) is 5. The Balaban J connectivity index is 1.87. The van der Waals surface area contributed by atoms with Crippen LogP contribution in [0.1, 0.15) is 35.9 Å². The minimum atomic E-state index is -1.00. The molecular formula is C18H16N4O2.